The fraction of sp³-hybridized carbons (Fsp3) is 0.250. The van der Waals surface area contributed by atoms with Crippen molar-refractivity contribution in [3.63, 3.8) is 0 Å². The van der Waals surface area contributed by atoms with Crippen LogP contribution in [-0.2, 0) is 6.54 Å². The Morgan fingerprint density at radius 2 is 1.55 bits per heavy atom. The lowest BCUT2D eigenvalue weighted by Crippen LogP contribution is -2.13. The van der Waals surface area contributed by atoms with E-state index in [-0.39, 0.29) is 11.1 Å². The molecule has 0 atom stereocenters. The highest BCUT2D eigenvalue weighted by Gasteiger charge is 2.11. The molecule has 106 valence electrons. The maximum atomic E-state index is 14.0. The molecule has 0 heterocycles. The first-order chi connectivity index (χ1) is 9.61. The van der Waals surface area contributed by atoms with Gasteiger partial charge in [0.1, 0.15) is 17.5 Å². The van der Waals surface area contributed by atoms with E-state index < -0.39 is 17.5 Å². The van der Waals surface area contributed by atoms with E-state index in [1.165, 1.54) is 18.2 Å². The van der Waals surface area contributed by atoms with Crippen molar-refractivity contribution < 1.29 is 13.2 Å². The highest BCUT2D eigenvalue weighted by atomic mass is 19.1. The Balaban J connectivity index is 2.25. The van der Waals surface area contributed by atoms with Crippen molar-refractivity contribution in [3.05, 3.63) is 59.4 Å². The molecule has 2 aromatic carbocycles. The molecular weight excluding hydrogens is 263 g/mol. The smallest absolute Gasteiger partial charge is 0.134 e. The third-order valence-electron chi connectivity index (χ3n) is 3.01. The van der Waals surface area contributed by atoms with Crippen molar-refractivity contribution in [2.24, 2.45) is 0 Å². The van der Waals surface area contributed by atoms with Gasteiger partial charge in [0.2, 0.25) is 0 Å². The van der Waals surface area contributed by atoms with Crippen molar-refractivity contribution in [1.29, 1.82) is 0 Å². The maximum absolute atomic E-state index is 14.0. The molecule has 2 aromatic rings. The third kappa shape index (κ3) is 3.39. The summed E-state index contributed by atoms with van der Waals surface area (Å²) >= 11 is 0. The summed E-state index contributed by atoms with van der Waals surface area (Å²) in [5.74, 6) is -1.95. The van der Waals surface area contributed by atoms with E-state index in [1.807, 2.05) is 6.92 Å². The summed E-state index contributed by atoms with van der Waals surface area (Å²) in [4.78, 5) is 0. The number of benzene rings is 2. The van der Waals surface area contributed by atoms with Crippen LogP contribution in [-0.4, -0.2) is 6.54 Å². The predicted molar refractivity (Wildman–Crippen MR) is 73.7 cm³/mol. The molecule has 0 saturated carbocycles. The van der Waals surface area contributed by atoms with Gasteiger partial charge < -0.3 is 5.32 Å². The molecule has 0 fully saturated rings. The summed E-state index contributed by atoms with van der Waals surface area (Å²) in [5.41, 5.74) is 1.00. The summed E-state index contributed by atoms with van der Waals surface area (Å²) in [5, 5.41) is 3.17. The lowest BCUT2D eigenvalue weighted by atomic mass is 10.0. The van der Waals surface area contributed by atoms with Gasteiger partial charge in [0.15, 0.2) is 0 Å². The fourth-order valence-electron chi connectivity index (χ4n) is 2.00. The quantitative estimate of drug-likeness (QED) is 0.806. The second-order valence-electron chi connectivity index (χ2n) is 4.62. The number of nitrogens with one attached hydrogen (secondary N) is 1. The lowest BCUT2D eigenvalue weighted by molar-refractivity contribution is 0.582. The summed E-state index contributed by atoms with van der Waals surface area (Å²) < 4.78 is 40.5. The van der Waals surface area contributed by atoms with Crippen LogP contribution in [0.2, 0.25) is 0 Å². The molecule has 0 aliphatic carbocycles. The largest absolute Gasteiger partial charge is 0.313 e. The average Bonchev–Trinajstić information content (AvgIpc) is 2.40. The molecule has 0 bridgehead atoms. The Morgan fingerprint density at radius 3 is 2.15 bits per heavy atom. The predicted octanol–water partition coefficient (Wildman–Crippen LogP) is 4.27. The standard InChI is InChI=1S/C16H16F3N/c1-2-7-20-10-11-3-5-13(15(18)8-11)14-6-4-12(17)9-16(14)19/h3-6,8-9,20H,2,7,10H2,1H3. The van der Waals surface area contributed by atoms with Crippen molar-refractivity contribution >= 4 is 0 Å². The molecule has 0 saturated heterocycles. The van der Waals surface area contributed by atoms with Crippen molar-refractivity contribution in [2.45, 2.75) is 19.9 Å². The first-order valence-corrected chi connectivity index (χ1v) is 6.56. The Hall–Kier alpha value is -1.81. The van der Waals surface area contributed by atoms with Gasteiger partial charge in [-0.2, -0.15) is 0 Å². The third-order valence-corrected chi connectivity index (χ3v) is 3.01. The van der Waals surface area contributed by atoms with Gasteiger partial charge in [-0.25, -0.2) is 13.2 Å². The SMILES string of the molecule is CCCNCc1ccc(-c2ccc(F)cc2F)c(F)c1. The van der Waals surface area contributed by atoms with Gasteiger partial charge in [0.25, 0.3) is 0 Å². The molecule has 20 heavy (non-hydrogen) atoms. The van der Waals surface area contributed by atoms with E-state index in [0.717, 1.165) is 30.7 Å². The molecule has 0 aliphatic rings. The van der Waals surface area contributed by atoms with Gasteiger partial charge in [-0.1, -0.05) is 19.1 Å². The summed E-state index contributed by atoms with van der Waals surface area (Å²) in [6, 6.07) is 7.76. The monoisotopic (exact) mass is 279 g/mol. The van der Waals surface area contributed by atoms with Crippen LogP contribution in [0.15, 0.2) is 36.4 Å². The fourth-order valence-corrected chi connectivity index (χ4v) is 2.00. The molecule has 0 spiro atoms. The van der Waals surface area contributed by atoms with Crippen molar-refractivity contribution in [2.75, 3.05) is 6.54 Å². The minimum Gasteiger partial charge on any atom is -0.313 e. The van der Waals surface area contributed by atoms with Crippen molar-refractivity contribution in [3.8, 4) is 11.1 Å². The molecule has 0 amide bonds. The van der Waals surface area contributed by atoms with Crippen LogP contribution in [0.5, 0.6) is 0 Å². The van der Waals surface area contributed by atoms with Crippen LogP contribution < -0.4 is 5.32 Å². The second kappa shape index (κ2) is 6.57. The number of halogens is 3. The first-order valence-electron chi connectivity index (χ1n) is 6.56. The van der Waals surface area contributed by atoms with Gasteiger partial charge in [-0.3, -0.25) is 0 Å². The molecule has 0 aliphatic heterocycles. The second-order valence-corrected chi connectivity index (χ2v) is 4.62. The van der Waals surface area contributed by atoms with E-state index >= 15 is 0 Å². The van der Waals surface area contributed by atoms with Gasteiger partial charge in [-0.15, -0.1) is 0 Å². The van der Waals surface area contributed by atoms with Crippen LogP contribution in [0.3, 0.4) is 0 Å². The summed E-state index contributed by atoms with van der Waals surface area (Å²) in [6.45, 7) is 3.47. The molecule has 2 rings (SSSR count). The van der Waals surface area contributed by atoms with Crippen LogP contribution in [0.25, 0.3) is 11.1 Å². The topological polar surface area (TPSA) is 12.0 Å². The minimum atomic E-state index is -0.763. The molecule has 0 unspecified atom stereocenters. The molecule has 4 heteroatoms. The highest BCUT2D eigenvalue weighted by Crippen LogP contribution is 2.26. The number of hydrogen-bond donors (Lipinski definition) is 1. The molecule has 0 radical (unpaired) electrons. The summed E-state index contributed by atoms with van der Waals surface area (Å²) in [6.07, 6.45) is 1.00. The zero-order chi connectivity index (χ0) is 14.5. The lowest BCUT2D eigenvalue weighted by Gasteiger charge is -2.08. The van der Waals surface area contributed by atoms with E-state index in [1.54, 1.807) is 6.07 Å². The number of hydrogen-bond acceptors (Lipinski definition) is 1. The van der Waals surface area contributed by atoms with E-state index in [2.05, 4.69) is 5.32 Å². The molecule has 1 nitrogen and oxygen atoms in total. The van der Waals surface area contributed by atoms with E-state index in [9.17, 15) is 13.2 Å². The Kier molecular flexibility index (Phi) is 4.79. The number of rotatable bonds is 5. The Labute approximate surface area is 116 Å². The zero-order valence-electron chi connectivity index (χ0n) is 11.2. The minimum absolute atomic E-state index is 0.0666. The zero-order valence-corrected chi connectivity index (χ0v) is 11.2. The van der Waals surface area contributed by atoms with Gasteiger partial charge in [0, 0.05) is 23.7 Å². The van der Waals surface area contributed by atoms with Gasteiger partial charge in [-0.05, 0) is 36.7 Å². The Morgan fingerprint density at radius 1 is 0.900 bits per heavy atom. The highest BCUT2D eigenvalue weighted by molar-refractivity contribution is 5.65. The van der Waals surface area contributed by atoms with Crippen LogP contribution >= 0.6 is 0 Å². The van der Waals surface area contributed by atoms with Gasteiger partial charge in [0.05, 0.1) is 0 Å². The van der Waals surface area contributed by atoms with Crippen LogP contribution in [0.1, 0.15) is 18.9 Å². The van der Waals surface area contributed by atoms with Crippen molar-refractivity contribution in [1.82, 2.24) is 5.32 Å². The molecule has 0 aromatic heterocycles. The summed E-state index contributed by atoms with van der Waals surface area (Å²) in [7, 11) is 0. The normalized spacial score (nSPS) is 10.8. The Bertz CT molecular complexity index is 596. The van der Waals surface area contributed by atoms with Crippen LogP contribution in [0, 0.1) is 17.5 Å². The van der Waals surface area contributed by atoms with E-state index in [4.69, 9.17) is 0 Å². The first kappa shape index (κ1) is 14.6. The van der Waals surface area contributed by atoms with E-state index in [0.29, 0.717) is 6.54 Å². The average molecular weight is 279 g/mol. The molecular formula is C16H16F3N. The van der Waals surface area contributed by atoms with Gasteiger partial charge >= 0.3 is 0 Å². The maximum Gasteiger partial charge on any atom is 0.134 e. The van der Waals surface area contributed by atoms with Crippen LogP contribution in [0.4, 0.5) is 13.2 Å². The molecule has 1 N–H and O–H groups in total.